The lowest BCUT2D eigenvalue weighted by molar-refractivity contribution is 0.0446. The lowest BCUT2D eigenvalue weighted by Crippen LogP contribution is -2.37. The van der Waals surface area contributed by atoms with Gasteiger partial charge in [-0.1, -0.05) is 41.6 Å². The summed E-state index contributed by atoms with van der Waals surface area (Å²) in [6.07, 6.45) is 16.0. The Balaban J connectivity index is 1.91. The Kier molecular flexibility index (Phi) is 3.74. The fourth-order valence-corrected chi connectivity index (χ4v) is 2.88. The molecular formula is C18H20N2O. The summed E-state index contributed by atoms with van der Waals surface area (Å²) in [4.78, 5) is 9.84. The van der Waals surface area contributed by atoms with Crippen LogP contribution in [-0.2, 0) is 11.3 Å². The maximum absolute atomic E-state index is 5.63. The third-order valence-electron chi connectivity index (χ3n) is 4.33. The Hall–Kier alpha value is -2.16. The third-order valence-corrected chi connectivity index (χ3v) is 4.33. The van der Waals surface area contributed by atoms with Crippen molar-refractivity contribution in [3.63, 3.8) is 0 Å². The fourth-order valence-electron chi connectivity index (χ4n) is 2.88. The molecule has 1 aliphatic carbocycles. The zero-order valence-corrected chi connectivity index (χ0v) is 12.5. The fraction of sp³-hybridized carbons (Fsp3) is 0.333. The molecule has 0 aromatic carbocycles. The van der Waals surface area contributed by atoms with Gasteiger partial charge in [0.15, 0.2) is 0 Å². The van der Waals surface area contributed by atoms with Gasteiger partial charge in [0.2, 0.25) is 0 Å². The van der Waals surface area contributed by atoms with Gasteiger partial charge in [0.25, 0.3) is 0 Å². The van der Waals surface area contributed by atoms with Crippen molar-refractivity contribution in [3.05, 3.63) is 66.0 Å². The van der Waals surface area contributed by atoms with Crippen LogP contribution < -0.4 is 0 Å². The number of oxime groups is 1. The van der Waals surface area contributed by atoms with E-state index in [0.717, 1.165) is 18.6 Å². The summed E-state index contributed by atoms with van der Waals surface area (Å²) < 4.78 is 0. The molecule has 3 nitrogen and oxygen atoms in total. The van der Waals surface area contributed by atoms with E-state index >= 15 is 0 Å². The van der Waals surface area contributed by atoms with Gasteiger partial charge >= 0.3 is 0 Å². The van der Waals surface area contributed by atoms with E-state index in [1.54, 1.807) is 6.20 Å². The van der Waals surface area contributed by atoms with Crippen molar-refractivity contribution in [2.24, 2.45) is 10.6 Å². The Morgan fingerprint density at radius 2 is 2.24 bits per heavy atom. The molecule has 0 spiro atoms. The Morgan fingerprint density at radius 3 is 3.05 bits per heavy atom. The number of rotatable bonds is 3. The predicted octanol–water partition coefficient (Wildman–Crippen LogP) is 3.85. The van der Waals surface area contributed by atoms with Gasteiger partial charge < -0.3 is 4.84 Å². The van der Waals surface area contributed by atoms with Crippen LogP contribution in [0, 0.1) is 5.41 Å². The molecule has 2 aliphatic rings. The molecule has 2 heterocycles. The van der Waals surface area contributed by atoms with Crippen LogP contribution in [-0.4, -0.2) is 16.8 Å². The summed E-state index contributed by atoms with van der Waals surface area (Å²) in [5, 5.41) is 4.39. The molecular weight excluding hydrogens is 260 g/mol. The van der Waals surface area contributed by atoms with Crippen LogP contribution in [0.3, 0.4) is 0 Å². The van der Waals surface area contributed by atoms with Crippen LogP contribution >= 0.6 is 0 Å². The van der Waals surface area contributed by atoms with E-state index in [-0.39, 0.29) is 11.5 Å². The summed E-state index contributed by atoms with van der Waals surface area (Å²) in [7, 11) is 0. The van der Waals surface area contributed by atoms with Crippen molar-refractivity contribution in [3.8, 4) is 0 Å². The lowest BCUT2D eigenvalue weighted by atomic mass is 9.73. The average molecular weight is 280 g/mol. The number of hydrogen-bond donors (Lipinski definition) is 0. The van der Waals surface area contributed by atoms with Gasteiger partial charge in [-0.05, 0) is 43.9 Å². The highest BCUT2D eigenvalue weighted by Gasteiger charge is 2.44. The molecule has 108 valence electrons. The van der Waals surface area contributed by atoms with E-state index in [9.17, 15) is 0 Å². The molecule has 0 saturated carbocycles. The SMILES string of the molecule is CC1ON=C(C2=CC=CC=CC2)C1(C)Cc1cccnc1. The lowest BCUT2D eigenvalue weighted by Gasteiger charge is -2.29. The molecule has 0 amide bonds. The zero-order valence-electron chi connectivity index (χ0n) is 12.5. The van der Waals surface area contributed by atoms with Gasteiger partial charge in [0.05, 0.1) is 11.1 Å². The van der Waals surface area contributed by atoms with Gasteiger partial charge in [-0.15, -0.1) is 0 Å². The molecule has 3 heteroatoms. The quantitative estimate of drug-likeness (QED) is 0.843. The second kappa shape index (κ2) is 5.68. The largest absolute Gasteiger partial charge is 0.392 e. The second-order valence-corrected chi connectivity index (χ2v) is 5.85. The van der Waals surface area contributed by atoms with Gasteiger partial charge in [-0.25, -0.2) is 0 Å². The Labute approximate surface area is 125 Å². The monoisotopic (exact) mass is 280 g/mol. The zero-order chi connectivity index (χ0) is 14.7. The highest BCUT2D eigenvalue weighted by Crippen LogP contribution is 2.39. The Bertz CT molecular complexity index is 628. The van der Waals surface area contributed by atoms with E-state index in [4.69, 9.17) is 4.84 Å². The predicted molar refractivity (Wildman–Crippen MR) is 85.0 cm³/mol. The molecule has 0 radical (unpaired) electrons. The van der Waals surface area contributed by atoms with Gasteiger partial charge in [-0.2, -0.15) is 0 Å². The van der Waals surface area contributed by atoms with Gasteiger partial charge in [-0.3, -0.25) is 4.98 Å². The number of aromatic nitrogens is 1. The van der Waals surface area contributed by atoms with Crippen LogP contribution in [0.4, 0.5) is 0 Å². The van der Waals surface area contributed by atoms with Crippen LogP contribution in [0.25, 0.3) is 0 Å². The van der Waals surface area contributed by atoms with E-state index in [0.29, 0.717) is 0 Å². The minimum absolute atomic E-state index is 0.0600. The molecule has 0 fully saturated rings. The van der Waals surface area contributed by atoms with Crippen molar-refractivity contribution in [1.82, 2.24) is 4.98 Å². The Morgan fingerprint density at radius 1 is 1.33 bits per heavy atom. The smallest absolute Gasteiger partial charge is 0.136 e. The molecule has 0 N–H and O–H groups in total. The number of nitrogens with zero attached hydrogens (tertiary/aromatic N) is 2. The number of allylic oxidation sites excluding steroid dienone is 6. The van der Waals surface area contributed by atoms with E-state index in [2.05, 4.69) is 54.4 Å². The molecule has 3 rings (SSSR count). The topological polar surface area (TPSA) is 34.5 Å². The van der Waals surface area contributed by atoms with Crippen LogP contribution in [0.2, 0.25) is 0 Å². The van der Waals surface area contributed by atoms with Gasteiger partial charge in [0, 0.05) is 12.4 Å². The van der Waals surface area contributed by atoms with Crippen molar-refractivity contribution < 1.29 is 4.84 Å². The third kappa shape index (κ3) is 2.68. The summed E-state index contributed by atoms with van der Waals surface area (Å²) in [5.74, 6) is 0. The summed E-state index contributed by atoms with van der Waals surface area (Å²) >= 11 is 0. The molecule has 2 atom stereocenters. The first-order valence-electron chi connectivity index (χ1n) is 7.36. The maximum atomic E-state index is 5.63. The first-order valence-corrected chi connectivity index (χ1v) is 7.36. The number of hydrogen-bond acceptors (Lipinski definition) is 3. The minimum atomic E-state index is -0.124. The van der Waals surface area contributed by atoms with Crippen molar-refractivity contribution in [1.29, 1.82) is 0 Å². The highest BCUT2D eigenvalue weighted by atomic mass is 16.6. The summed E-state index contributed by atoms with van der Waals surface area (Å²) in [5.41, 5.74) is 3.39. The molecule has 0 saturated heterocycles. The number of pyridine rings is 1. The van der Waals surface area contributed by atoms with Gasteiger partial charge in [0.1, 0.15) is 6.10 Å². The van der Waals surface area contributed by atoms with E-state index in [1.807, 2.05) is 18.3 Å². The highest BCUT2D eigenvalue weighted by molar-refractivity contribution is 6.05. The molecule has 2 unspecified atom stereocenters. The van der Waals surface area contributed by atoms with E-state index < -0.39 is 0 Å². The van der Waals surface area contributed by atoms with Crippen LogP contribution in [0.5, 0.6) is 0 Å². The maximum Gasteiger partial charge on any atom is 0.136 e. The first kappa shape index (κ1) is 13.8. The normalized spacial score (nSPS) is 27.8. The molecule has 0 bridgehead atoms. The van der Waals surface area contributed by atoms with E-state index in [1.165, 1.54) is 11.1 Å². The molecule has 1 aliphatic heterocycles. The molecule has 21 heavy (non-hydrogen) atoms. The van der Waals surface area contributed by atoms with Crippen molar-refractivity contribution in [2.75, 3.05) is 0 Å². The van der Waals surface area contributed by atoms with Crippen LogP contribution in [0.1, 0.15) is 25.8 Å². The first-order chi connectivity index (χ1) is 10.2. The minimum Gasteiger partial charge on any atom is -0.392 e. The van der Waals surface area contributed by atoms with Crippen molar-refractivity contribution in [2.45, 2.75) is 32.8 Å². The standard InChI is InChI=1S/C18H20N2O/c1-14-18(2,12-15-8-7-11-19-13-15)17(20-21-14)16-9-5-3-4-6-10-16/h3-9,11,13-14H,10,12H2,1-2H3. The molecule has 1 aromatic heterocycles. The summed E-state index contributed by atoms with van der Waals surface area (Å²) in [6, 6.07) is 4.09. The summed E-state index contributed by atoms with van der Waals surface area (Å²) in [6.45, 7) is 4.32. The average Bonchev–Trinajstić information content (AvgIpc) is 2.70. The van der Waals surface area contributed by atoms with Crippen LogP contribution in [0.15, 0.2) is 65.6 Å². The van der Waals surface area contributed by atoms with Crippen molar-refractivity contribution >= 4 is 5.71 Å². The molecule has 1 aromatic rings. The second-order valence-electron chi connectivity index (χ2n) is 5.85.